The number of hydrogen-bond acceptors (Lipinski definition) is 3. The Kier molecular flexibility index (Phi) is 5.29. The van der Waals surface area contributed by atoms with Gasteiger partial charge < -0.3 is 10.1 Å². The smallest absolute Gasteiger partial charge is 0.408 e. The Labute approximate surface area is 134 Å². The number of ether oxygens (including phenoxy) is 1. The van der Waals surface area contributed by atoms with Crippen LogP contribution in [0.25, 0.3) is 0 Å². The number of hydrogen-bond donors (Lipinski definition) is 1. The van der Waals surface area contributed by atoms with Crippen molar-refractivity contribution in [3.05, 3.63) is 33.8 Å². The molecule has 0 bridgehead atoms. The predicted molar refractivity (Wildman–Crippen MR) is 84.2 cm³/mol. The molecular weight excluding hydrogens is 313 g/mol. The molecule has 1 aromatic carbocycles. The highest BCUT2D eigenvalue weighted by molar-refractivity contribution is 6.42. The summed E-state index contributed by atoms with van der Waals surface area (Å²) in [5.74, 6) is -0.285. The lowest BCUT2D eigenvalue weighted by molar-refractivity contribution is 0.0454. The summed E-state index contributed by atoms with van der Waals surface area (Å²) >= 11 is 11.7. The first-order valence-corrected chi connectivity index (χ1v) is 7.19. The quantitative estimate of drug-likeness (QED) is 0.830. The van der Waals surface area contributed by atoms with E-state index >= 15 is 0 Å². The van der Waals surface area contributed by atoms with E-state index in [-0.39, 0.29) is 10.8 Å². The molecule has 0 spiro atoms. The molecule has 1 rings (SSSR count). The van der Waals surface area contributed by atoms with Crippen molar-refractivity contribution in [2.24, 2.45) is 0 Å². The van der Waals surface area contributed by atoms with Gasteiger partial charge in [0.15, 0.2) is 5.78 Å². The third kappa shape index (κ3) is 5.21. The summed E-state index contributed by atoms with van der Waals surface area (Å²) in [5, 5.41) is 3.21. The fourth-order valence-corrected chi connectivity index (χ4v) is 1.91. The zero-order chi connectivity index (χ0) is 16.4. The van der Waals surface area contributed by atoms with E-state index in [4.69, 9.17) is 27.9 Å². The summed E-state index contributed by atoms with van der Waals surface area (Å²) in [6, 6.07) is 4.58. The van der Waals surface area contributed by atoms with E-state index in [0.29, 0.717) is 10.6 Å². The second-order valence-corrected chi connectivity index (χ2v) is 7.02. The van der Waals surface area contributed by atoms with Crippen LogP contribution in [0.4, 0.5) is 4.79 Å². The van der Waals surface area contributed by atoms with Gasteiger partial charge in [-0.3, -0.25) is 4.79 Å². The van der Waals surface area contributed by atoms with Crippen LogP contribution in [0.3, 0.4) is 0 Å². The minimum Gasteiger partial charge on any atom is -0.444 e. The Morgan fingerprint density at radius 2 is 1.62 bits per heavy atom. The molecule has 0 aliphatic rings. The van der Waals surface area contributed by atoms with Crippen molar-refractivity contribution in [2.45, 2.75) is 45.8 Å². The average molecular weight is 332 g/mol. The van der Waals surface area contributed by atoms with E-state index in [1.807, 2.05) is 0 Å². The van der Waals surface area contributed by atoms with Gasteiger partial charge in [0.05, 0.1) is 10.0 Å². The molecule has 0 aliphatic carbocycles. The van der Waals surface area contributed by atoms with Crippen LogP contribution in [0.2, 0.25) is 10.0 Å². The Morgan fingerprint density at radius 1 is 1.05 bits per heavy atom. The monoisotopic (exact) mass is 331 g/mol. The molecule has 0 saturated heterocycles. The van der Waals surface area contributed by atoms with Gasteiger partial charge in [0.25, 0.3) is 0 Å². The maximum atomic E-state index is 12.5. The summed E-state index contributed by atoms with van der Waals surface area (Å²) < 4.78 is 5.15. The lowest BCUT2D eigenvalue weighted by Gasteiger charge is -2.27. The molecule has 0 heterocycles. The fourth-order valence-electron chi connectivity index (χ4n) is 1.61. The van der Waals surface area contributed by atoms with Gasteiger partial charge in [-0.2, -0.15) is 0 Å². The van der Waals surface area contributed by atoms with Crippen LogP contribution in [0.15, 0.2) is 18.2 Å². The summed E-state index contributed by atoms with van der Waals surface area (Å²) in [5.41, 5.74) is -1.39. The Morgan fingerprint density at radius 3 is 2.10 bits per heavy atom. The van der Waals surface area contributed by atoms with E-state index < -0.39 is 17.2 Å². The number of halogens is 2. The normalized spacial score (nSPS) is 12.0. The number of carbonyl (C=O) groups excluding carboxylic acids is 2. The summed E-state index contributed by atoms with van der Waals surface area (Å²) in [7, 11) is 0. The van der Waals surface area contributed by atoms with Crippen LogP contribution in [0.5, 0.6) is 0 Å². The maximum absolute atomic E-state index is 12.5. The second-order valence-electron chi connectivity index (χ2n) is 6.21. The van der Waals surface area contributed by atoms with E-state index in [1.165, 1.54) is 6.07 Å². The number of nitrogens with one attached hydrogen (secondary N) is 1. The number of benzene rings is 1. The van der Waals surface area contributed by atoms with Crippen LogP contribution in [0, 0.1) is 0 Å². The van der Waals surface area contributed by atoms with Gasteiger partial charge in [0.2, 0.25) is 0 Å². The molecule has 0 fully saturated rings. The zero-order valence-corrected chi connectivity index (χ0v) is 14.2. The van der Waals surface area contributed by atoms with E-state index in [2.05, 4.69) is 5.32 Å². The summed E-state index contributed by atoms with van der Waals surface area (Å²) in [4.78, 5) is 24.3. The number of Topliss-reactive ketones (excluding diaryl/α,β-unsaturated/α-hetero) is 1. The van der Waals surface area contributed by atoms with Crippen molar-refractivity contribution in [1.82, 2.24) is 5.32 Å². The molecule has 1 amide bonds. The predicted octanol–water partition coefficient (Wildman–Crippen LogP) is 4.48. The number of amides is 1. The SMILES string of the molecule is CC(C)(C)OC(=O)NC(C)(C)C(=O)c1ccc(Cl)c(Cl)c1. The molecule has 0 aromatic heterocycles. The number of rotatable bonds is 3. The Balaban J connectivity index is 2.88. The third-order valence-electron chi connectivity index (χ3n) is 2.56. The zero-order valence-electron chi connectivity index (χ0n) is 12.7. The molecule has 6 heteroatoms. The molecule has 21 heavy (non-hydrogen) atoms. The molecule has 0 atom stereocenters. The van der Waals surface area contributed by atoms with Gasteiger partial charge in [-0.1, -0.05) is 23.2 Å². The first-order chi connectivity index (χ1) is 9.42. The summed E-state index contributed by atoms with van der Waals surface area (Å²) in [6.45, 7) is 8.45. The van der Waals surface area contributed by atoms with Crippen molar-refractivity contribution < 1.29 is 14.3 Å². The van der Waals surface area contributed by atoms with Crippen LogP contribution < -0.4 is 5.32 Å². The fraction of sp³-hybridized carbons (Fsp3) is 0.467. The highest BCUT2D eigenvalue weighted by Crippen LogP contribution is 2.24. The second kappa shape index (κ2) is 6.24. The Hall–Kier alpha value is -1.26. The summed E-state index contributed by atoms with van der Waals surface area (Å²) in [6.07, 6.45) is -0.652. The maximum Gasteiger partial charge on any atom is 0.408 e. The van der Waals surface area contributed by atoms with Crippen LogP contribution >= 0.6 is 23.2 Å². The largest absolute Gasteiger partial charge is 0.444 e. The van der Waals surface area contributed by atoms with Crippen LogP contribution in [0.1, 0.15) is 45.0 Å². The molecule has 1 N–H and O–H groups in total. The van der Waals surface area contributed by atoms with Gasteiger partial charge in [-0.15, -0.1) is 0 Å². The van der Waals surface area contributed by atoms with Gasteiger partial charge >= 0.3 is 6.09 Å². The van der Waals surface area contributed by atoms with Crippen molar-refractivity contribution in [1.29, 1.82) is 0 Å². The Bertz CT molecular complexity index is 563. The number of carbonyl (C=O) groups is 2. The molecule has 1 aromatic rings. The average Bonchev–Trinajstić information content (AvgIpc) is 2.28. The van der Waals surface area contributed by atoms with E-state index in [1.54, 1.807) is 46.8 Å². The number of ketones is 1. The topological polar surface area (TPSA) is 55.4 Å². The van der Waals surface area contributed by atoms with Gasteiger partial charge in [-0.25, -0.2) is 4.79 Å². The van der Waals surface area contributed by atoms with Gasteiger partial charge in [-0.05, 0) is 52.8 Å². The lowest BCUT2D eigenvalue weighted by Crippen LogP contribution is -2.51. The molecular formula is C15H19Cl2NO3. The van der Waals surface area contributed by atoms with Crippen molar-refractivity contribution >= 4 is 35.1 Å². The van der Waals surface area contributed by atoms with Gasteiger partial charge in [0, 0.05) is 5.56 Å². The third-order valence-corrected chi connectivity index (χ3v) is 3.30. The highest BCUT2D eigenvalue weighted by atomic mass is 35.5. The van der Waals surface area contributed by atoms with Gasteiger partial charge in [0.1, 0.15) is 11.1 Å². The first kappa shape index (κ1) is 17.8. The van der Waals surface area contributed by atoms with E-state index in [9.17, 15) is 9.59 Å². The molecule has 0 radical (unpaired) electrons. The van der Waals surface area contributed by atoms with E-state index in [0.717, 1.165) is 0 Å². The minimum atomic E-state index is -1.13. The van der Waals surface area contributed by atoms with Crippen LogP contribution in [-0.4, -0.2) is 23.0 Å². The lowest BCUT2D eigenvalue weighted by atomic mass is 9.93. The highest BCUT2D eigenvalue weighted by Gasteiger charge is 2.32. The standard InChI is InChI=1S/C15H19Cl2NO3/c1-14(2,3)21-13(20)18-15(4,5)12(19)9-6-7-10(16)11(17)8-9/h6-8H,1-5H3,(H,18,20). The molecule has 116 valence electrons. The number of alkyl carbamates (subject to hydrolysis) is 1. The van der Waals surface area contributed by atoms with Crippen molar-refractivity contribution in [3.8, 4) is 0 Å². The van der Waals surface area contributed by atoms with Crippen LogP contribution in [-0.2, 0) is 4.74 Å². The van der Waals surface area contributed by atoms with Crippen molar-refractivity contribution in [2.75, 3.05) is 0 Å². The molecule has 0 aliphatic heterocycles. The molecule has 0 saturated carbocycles. The molecule has 4 nitrogen and oxygen atoms in total. The minimum absolute atomic E-state index is 0.285. The molecule has 0 unspecified atom stereocenters. The van der Waals surface area contributed by atoms with Crippen molar-refractivity contribution in [3.63, 3.8) is 0 Å². The first-order valence-electron chi connectivity index (χ1n) is 6.43.